The molecule has 0 aliphatic carbocycles. The van der Waals surface area contributed by atoms with Crippen LogP contribution < -0.4 is 0 Å². The van der Waals surface area contributed by atoms with Gasteiger partial charge in [-0.2, -0.15) is 5.26 Å². The first kappa shape index (κ1) is 12.3. The maximum absolute atomic E-state index is 11.9. The molecule has 0 radical (unpaired) electrons. The van der Waals surface area contributed by atoms with Crippen molar-refractivity contribution in [3.8, 4) is 6.07 Å². The lowest BCUT2D eigenvalue weighted by atomic mass is 9.94. The third-order valence-corrected chi connectivity index (χ3v) is 2.42. The minimum absolute atomic E-state index is 0.154. The molecule has 0 aliphatic rings. The Morgan fingerprint density at radius 3 is 2.44 bits per heavy atom. The molecule has 16 heavy (non-hydrogen) atoms. The Morgan fingerprint density at radius 2 is 1.94 bits per heavy atom. The van der Waals surface area contributed by atoms with E-state index in [1.54, 1.807) is 25.8 Å². The minimum atomic E-state index is -0.955. The van der Waals surface area contributed by atoms with Gasteiger partial charge in [0.15, 0.2) is 0 Å². The van der Waals surface area contributed by atoms with Crippen LogP contribution in [-0.2, 0) is 11.3 Å². The summed E-state index contributed by atoms with van der Waals surface area (Å²) in [6.45, 7) is 3.80. The predicted octanol–water partition coefficient (Wildman–Crippen LogP) is 2.19. The Morgan fingerprint density at radius 1 is 1.38 bits per heavy atom. The third-order valence-electron chi connectivity index (χ3n) is 2.42. The summed E-state index contributed by atoms with van der Waals surface area (Å²) >= 11 is 0. The molecule has 1 aromatic rings. The first-order valence-electron chi connectivity index (χ1n) is 5.18. The number of carbonyl (C=O) groups is 1. The molecule has 1 rings (SSSR count). The number of nitrogens with zero attached hydrogens (tertiary/aromatic N) is 2. The molecule has 0 saturated carbocycles. The van der Waals surface area contributed by atoms with Gasteiger partial charge in [-0.15, -0.1) is 0 Å². The normalized spacial score (nSPS) is 10.6. The lowest BCUT2D eigenvalue weighted by molar-refractivity contribution is -0.136. The van der Waals surface area contributed by atoms with Gasteiger partial charge < -0.3 is 4.90 Å². The smallest absolute Gasteiger partial charge is 0.242 e. The van der Waals surface area contributed by atoms with Gasteiger partial charge in [0, 0.05) is 13.6 Å². The van der Waals surface area contributed by atoms with Gasteiger partial charge in [0.05, 0.1) is 6.07 Å². The van der Waals surface area contributed by atoms with E-state index in [0.29, 0.717) is 6.54 Å². The van der Waals surface area contributed by atoms with Crippen molar-refractivity contribution in [2.45, 2.75) is 20.4 Å². The van der Waals surface area contributed by atoms with Crippen LogP contribution in [-0.4, -0.2) is 17.9 Å². The van der Waals surface area contributed by atoms with Crippen LogP contribution >= 0.6 is 0 Å². The van der Waals surface area contributed by atoms with E-state index in [1.807, 2.05) is 36.4 Å². The van der Waals surface area contributed by atoms with E-state index in [4.69, 9.17) is 5.26 Å². The molecule has 0 bridgehead atoms. The third kappa shape index (κ3) is 2.83. The van der Waals surface area contributed by atoms with E-state index in [1.165, 1.54) is 0 Å². The zero-order valence-electron chi connectivity index (χ0n) is 9.90. The van der Waals surface area contributed by atoms with Gasteiger partial charge >= 0.3 is 0 Å². The molecule has 0 aliphatic heterocycles. The first-order chi connectivity index (χ1) is 7.47. The first-order valence-corrected chi connectivity index (χ1v) is 5.18. The number of hydrogen-bond acceptors (Lipinski definition) is 2. The van der Waals surface area contributed by atoms with E-state index in [-0.39, 0.29) is 5.91 Å². The maximum atomic E-state index is 11.9. The fourth-order valence-electron chi connectivity index (χ4n) is 1.45. The lowest BCUT2D eigenvalue weighted by Crippen LogP contribution is -2.37. The summed E-state index contributed by atoms with van der Waals surface area (Å²) < 4.78 is 0. The predicted molar refractivity (Wildman–Crippen MR) is 62.3 cm³/mol. The average molecular weight is 216 g/mol. The highest BCUT2D eigenvalue weighted by Gasteiger charge is 2.30. The van der Waals surface area contributed by atoms with Crippen LogP contribution in [0.5, 0.6) is 0 Å². The molecule has 0 N–H and O–H groups in total. The standard InChI is InChI=1S/C13H16N2O/c1-13(2,10-14)12(16)15(3)9-11-7-5-4-6-8-11/h4-8H,9H2,1-3H3. The van der Waals surface area contributed by atoms with Crippen molar-refractivity contribution in [1.29, 1.82) is 5.26 Å². The molecular formula is C13H16N2O. The number of hydrogen-bond donors (Lipinski definition) is 0. The Kier molecular flexibility index (Phi) is 3.68. The lowest BCUT2D eigenvalue weighted by Gasteiger charge is -2.24. The Hall–Kier alpha value is -1.82. The van der Waals surface area contributed by atoms with Crippen molar-refractivity contribution < 1.29 is 4.79 Å². The van der Waals surface area contributed by atoms with Crippen molar-refractivity contribution in [2.24, 2.45) is 5.41 Å². The molecule has 1 amide bonds. The summed E-state index contributed by atoms with van der Waals surface area (Å²) in [5.74, 6) is -0.154. The van der Waals surface area contributed by atoms with Gasteiger partial charge in [-0.05, 0) is 19.4 Å². The largest absolute Gasteiger partial charge is 0.340 e. The van der Waals surface area contributed by atoms with Crippen LogP contribution in [0.15, 0.2) is 30.3 Å². The van der Waals surface area contributed by atoms with E-state index in [2.05, 4.69) is 0 Å². The molecule has 1 aromatic carbocycles. The SMILES string of the molecule is CN(Cc1ccccc1)C(=O)C(C)(C)C#N. The van der Waals surface area contributed by atoms with Crippen molar-refractivity contribution in [1.82, 2.24) is 4.90 Å². The summed E-state index contributed by atoms with van der Waals surface area (Å²) in [5, 5.41) is 8.88. The highest BCUT2D eigenvalue weighted by atomic mass is 16.2. The van der Waals surface area contributed by atoms with E-state index in [9.17, 15) is 4.79 Å². The van der Waals surface area contributed by atoms with Gasteiger partial charge in [0.2, 0.25) is 5.91 Å². The minimum Gasteiger partial charge on any atom is -0.340 e. The Balaban J connectivity index is 2.71. The van der Waals surface area contributed by atoms with Crippen LogP contribution in [0, 0.1) is 16.7 Å². The summed E-state index contributed by atoms with van der Waals surface area (Å²) in [7, 11) is 1.72. The van der Waals surface area contributed by atoms with Gasteiger partial charge in [-0.25, -0.2) is 0 Å². The van der Waals surface area contributed by atoms with Crippen LogP contribution in [0.4, 0.5) is 0 Å². The molecule has 3 heteroatoms. The summed E-state index contributed by atoms with van der Waals surface area (Å²) in [4.78, 5) is 13.5. The van der Waals surface area contributed by atoms with Crippen molar-refractivity contribution in [3.63, 3.8) is 0 Å². The average Bonchev–Trinajstić information content (AvgIpc) is 2.29. The molecule has 0 atom stereocenters. The molecule has 0 spiro atoms. The zero-order valence-corrected chi connectivity index (χ0v) is 9.90. The van der Waals surface area contributed by atoms with E-state index < -0.39 is 5.41 Å². The quantitative estimate of drug-likeness (QED) is 0.777. The monoisotopic (exact) mass is 216 g/mol. The fraction of sp³-hybridized carbons (Fsp3) is 0.385. The number of carbonyl (C=O) groups excluding carboxylic acids is 1. The number of rotatable bonds is 3. The molecule has 0 unspecified atom stereocenters. The molecule has 0 aromatic heterocycles. The van der Waals surface area contributed by atoms with Crippen LogP contribution in [0.2, 0.25) is 0 Å². The molecule has 0 heterocycles. The number of benzene rings is 1. The second-order valence-electron chi connectivity index (χ2n) is 4.38. The Labute approximate surface area is 96.3 Å². The summed E-state index contributed by atoms with van der Waals surface area (Å²) in [5.41, 5.74) is 0.107. The van der Waals surface area contributed by atoms with E-state index in [0.717, 1.165) is 5.56 Å². The van der Waals surface area contributed by atoms with Crippen LogP contribution in [0.1, 0.15) is 19.4 Å². The number of amides is 1. The van der Waals surface area contributed by atoms with Gasteiger partial charge in [-0.3, -0.25) is 4.79 Å². The Bertz CT molecular complexity index is 404. The maximum Gasteiger partial charge on any atom is 0.242 e. The van der Waals surface area contributed by atoms with Gasteiger partial charge in [-0.1, -0.05) is 30.3 Å². The summed E-state index contributed by atoms with van der Waals surface area (Å²) in [6.07, 6.45) is 0. The van der Waals surface area contributed by atoms with Crippen LogP contribution in [0.3, 0.4) is 0 Å². The zero-order chi connectivity index (χ0) is 12.2. The van der Waals surface area contributed by atoms with Gasteiger partial charge in [0.1, 0.15) is 5.41 Å². The highest BCUT2D eigenvalue weighted by Crippen LogP contribution is 2.17. The summed E-state index contributed by atoms with van der Waals surface area (Å²) in [6, 6.07) is 11.7. The topological polar surface area (TPSA) is 44.1 Å². The molecule has 3 nitrogen and oxygen atoms in total. The van der Waals surface area contributed by atoms with Crippen LogP contribution in [0.25, 0.3) is 0 Å². The van der Waals surface area contributed by atoms with E-state index >= 15 is 0 Å². The van der Waals surface area contributed by atoms with Crippen molar-refractivity contribution in [2.75, 3.05) is 7.05 Å². The van der Waals surface area contributed by atoms with Crippen molar-refractivity contribution in [3.05, 3.63) is 35.9 Å². The second kappa shape index (κ2) is 4.80. The second-order valence-corrected chi connectivity index (χ2v) is 4.38. The molecule has 0 fully saturated rings. The number of nitriles is 1. The van der Waals surface area contributed by atoms with Crippen molar-refractivity contribution >= 4 is 5.91 Å². The molecular weight excluding hydrogens is 200 g/mol. The molecule has 84 valence electrons. The fourth-order valence-corrected chi connectivity index (χ4v) is 1.45. The highest BCUT2D eigenvalue weighted by molar-refractivity contribution is 5.84. The molecule has 0 saturated heterocycles. The van der Waals surface area contributed by atoms with Gasteiger partial charge in [0.25, 0.3) is 0 Å².